The average Bonchev–Trinajstić information content (AvgIpc) is 3.29. The van der Waals surface area contributed by atoms with Gasteiger partial charge in [-0.1, -0.05) is 18.2 Å². The SMILES string of the molecule is CNC(=O)c1cccc(Cn2c(O)c(Cc3ccc4[nH]cc(CCN)c4c3)[nH]c2=O)c1. The van der Waals surface area contributed by atoms with Gasteiger partial charge in [0, 0.05) is 36.1 Å². The van der Waals surface area contributed by atoms with Crippen molar-refractivity contribution >= 4 is 16.8 Å². The third kappa shape index (κ3) is 4.10. The zero-order chi connectivity index (χ0) is 22.0. The molecule has 2 aromatic heterocycles. The molecule has 0 fully saturated rings. The van der Waals surface area contributed by atoms with Crippen LogP contribution in [0.2, 0.25) is 0 Å². The lowest BCUT2D eigenvalue weighted by atomic mass is 10.0. The number of benzene rings is 2. The summed E-state index contributed by atoms with van der Waals surface area (Å²) in [5.41, 5.74) is 10.1. The monoisotopic (exact) mass is 419 g/mol. The fourth-order valence-electron chi connectivity index (χ4n) is 3.82. The maximum absolute atomic E-state index is 12.5. The lowest BCUT2D eigenvalue weighted by Crippen LogP contribution is -2.19. The molecule has 4 aromatic rings. The highest BCUT2D eigenvalue weighted by Gasteiger charge is 2.15. The molecule has 8 nitrogen and oxygen atoms in total. The van der Waals surface area contributed by atoms with Crippen molar-refractivity contribution in [1.29, 1.82) is 0 Å². The van der Waals surface area contributed by atoms with Gasteiger partial charge in [0.15, 0.2) is 0 Å². The van der Waals surface area contributed by atoms with Crippen LogP contribution in [0.1, 0.15) is 32.7 Å². The van der Waals surface area contributed by atoms with Crippen molar-refractivity contribution in [2.24, 2.45) is 5.73 Å². The molecular weight excluding hydrogens is 394 g/mol. The summed E-state index contributed by atoms with van der Waals surface area (Å²) in [6.45, 7) is 0.721. The van der Waals surface area contributed by atoms with E-state index in [1.807, 2.05) is 24.4 Å². The van der Waals surface area contributed by atoms with Crippen LogP contribution in [0.15, 0.2) is 53.5 Å². The number of aromatic hydroxyl groups is 1. The molecule has 2 heterocycles. The first-order chi connectivity index (χ1) is 15.0. The summed E-state index contributed by atoms with van der Waals surface area (Å²) in [5, 5.41) is 14.4. The van der Waals surface area contributed by atoms with Crippen LogP contribution in [0.3, 0.4) is 0 Å². The quantitative estimate of drug-likeness (QED) is 0.313. The molecule has 0 saturated carbocycles. The van der Waals surface area contributed by atoms with Gasteiger partial charge in [-0.05, 0) is 53.9 Å². The summed E-state index contributed by atoms with van der Waals surface area (Å²) in [6.07, 6.45) is 3.12. The van der Waals surface area contributed by atoms with Gasteiger partial charge in [0.1, 0.15) is 0 Å². The van der Waals surface area contributed by atoms with Gasteiger partial charge in [-0.3, -0.25) is 9.36 Å². The molecule has 0 radical (unpaired) electrons. The number of aromatic nitrogens is 3. The topological polar surface area (TPSA) is 129 Å². The lowest BCUT2D eigenvalue weighted by Gasteiger charge is -2.07. The number of rotatable bonds is 7. The first kappa shape index (κ1) is 20.5. The molecule has 2 aromatic carbocycles. The molecule has 0 saturated heterocycles. The van der Waals surface area contributed by atoms with E-state index >= 15 is 0 Å². The molecule has 1 amide bonds. The second-order valence-electron chi connectivity index (χ2n) is 7.51. The van der Waals surface area contributed by atoms with Crippen LogP contribution in [0.4, 0.5) is 0 Å². The van der Waals surface area contributed by atoms with Crippen LogP contribution in [0.25, 0.3) is 10.9 Å². The van der Waals surface area contributed by atoms with E-state index < -0.39 is 5.69 Å². The predicted octanol–water partition coefficient (Wildman–Crippen LogP) is 1.86. The Morgan fingerprint density at radius 2 is 2.03 bits per heavy atom. The second-order valence-corrected chi connectivity index (χ2v) is 7.51. The Hall–Kier alpha value is -3.78. The Morgan fingerprint density at radius 3 is 2.81 bits per heavy atom. The number of imidazole rings is 1. The number of hydrogen-bond donors (Lipinski definition) is 5. The van der Waals surface area contributed by atoms with E-state index in [4.69, 9.17) is 5.73 Å². The maximum atomic E-state index is 12.5. The fraction of sp³-hybridized carbons (Fsp3) is 0.217. The normalized spacial score (nSPS) is 11.2. The summed E-state index contributed by atoms with van der Waals surface area (Å²) < 4.78 is 1.27. The van der Waals surface area contributed by atoms with Gasteiger partial charge in [-0.25, -0.2) is 4.79 Å². The van der Waals surface area contributed by atoms with Gasteiger partial charge in [0.25, 0.3) is 5.91 Å². The van der Waals surface area contributed by atoms with Crippen molar-refractivity contribution in [3.63, 3.8) is 0 Å². The summed E-state index contributed by atoms with van der Waals surface area (Å²) in [5.74, 6) is -0.311. The minimum Gasteiger partial charge on any atom is -0.493 e. The number of nitrogens with two attached hydrogens (primary N) is 1. The number of H-pyrrole nitrogens is 2. The lowest BCUT2D eigenvalue weighted by molar-refractivity contribution is 0.0963. The van der Waals surface area contributed by atoms with Gasteiger partial charge in [-0.2, -0.15) is 0 Å². The summed E-state index contributed by atoms with van der Waals surface area (Å²) in [6, 6.07) is 13.0. The van der Waals surface area contributed by atoms with Crippen molar-refractivity contribution in [2.45, 2.75) is 19.4 Å². The van der Waals surface area contributed by atoms with E-state index in [9.17, 15) is 14.7 Å². The van der Waals surface area contributed by atoms with Gasteiger partial charge in [-0.15, -0.1) is 0 Å². The van der Waals surface area contributed by atoms with Crippen LogP contribution >= 0.6 is 0 Å². The third-order valence-corrected chi connectivity index (χ3v) is 5.41. The summed E-state index contributed by atoms with van der Waals surface area (Å²) in [7, 11) is 1.56. The molecule has 160 valence electrons. The van der Waals surface area contributed by atoms with Crippen LogP contribution in [0.5, 0.6) is 5.88 Å². The Kier molecular flexibility index (Phi) is 5.64. The van der Waals surface area contributed by atoms with Gasteiger partial charge < -0.3 is 26.1 Å². The van der Waals surface area contributed by atoms with Crippen LogP contribution in [-0.2, 0) is 19.4 Å². The number of carbonyl (C=O) groups is 1. The van der Waals surface area contributed by atoms with Gasteiger partial charge in [0.05, 0.1) is 12.2 Å². The van der Waals surface area contributed by atoms with E-state index in [2.05, 4.69) is 21.4 Å². The number of amides is 1. The van der Waals surface area contributed by atoms with Crippen LogP contribution in [-0.4, -0.2) is 39.1 Å². The summed E-state index contributed by atoms with van der Waals surface area (Å²) in [4.78, 5) is 30.3. The Bertz CT molecular complexity index is 1300. The van der Waals surface area contributed by atoms with E-state index in [0.29, 0.717) is 24.2 Å². The molecule has 0 aliphatic heterocycles. The number of aromatic amines is 2. The summed E-state index contributed by atoms with van der Waals surface area (Å²) >= 11 is 0. The van der Waals surface area contributed by atoms with Crippen molar-refractivity contribution < 1.29 is 9.90 Å². The minimum atomic E-state index is -0.399. The van der Waals surface area contributed by atoms with Gasteiger partial charge in [0.2, 0.25) is 5.88 Å². The number of fused-ring (bicyclic) bond motifs is 1. The molecule has 0 unspecified atom stereocenters. The number of hydrogen-bond acceptors (Lipinski definition) is 4. The van der Waals surface area contributed by atoms with E-state index in [1.165, 1.54) is 4.57 Å². The standard InChI is InChI=1S/C23H25N5O3/c1-25-21(29)16-4-2-3-15(9-16)13-28-22(30)20(27-23(28)31)11-14-5-6-19-18(10-14)17(7-8-24)12-26-19/h2-6,9-10,12,26,30H,7-8,11,13,24H2,1H3,(H,25,29)(H,27,31). The highest BCUT2D eigenvalue weighted by atomic mass is 16.3. The number of carbonyl (C=O) groups excluding carboxylic acids is 1. The molecule has 0 aliphatic rings. The maximum Gasteiger partial charge on any atom is 0.328 e. The molecular formula is C23H25N5O3. The largest absolute Gasteiger partial charge is 0.493 e. The second kappa shape index (κ2) is 8.53. The van der Waals surface area contributed by atoms with Crippen molar-refractivity contribution in [3.05, 3.63) is 87.1 Å². The van der Waals surface area contributed by atoms with E-state index in [0.717, 1.165) is 34.0 Å². The molecule has 4 rings (SSSR count). The minimum absolute atomic E-state index is 0.105. The smallest absolute Gasteiger partial charge is 0.328 e. The first-order valence-electron chi connectivity index (χ1n) is 10.1. The van der Waals surface area contributed by atoms with Crippen molar-refractivity contribution in [3.8, 4) is 5.88 Å². The molecule has 8 heteroatoms. The van der Waals surface area contributed by atoms with Crippen molar-refractivity contribution in [1.82, 2.24) is 19.9 Å². The Labute approximate surface area is 178 Å². The number of nitrogens with zero attached hydrogens (tertiary/aromatic N) is 1. The molecule has 0 aliphatic carbocycles. The highest BCUT2D eigenvalue weighted by Crippen LogP contribution is 2.24. The molecule has 0 spiro atoms. The molecule has 31 heavy (non-hydrogen) atoms. The van der Waals surface area contributed by atoms with Crippen LogP contribution in [0, 0.1) is 0 Å². The highest BCUT2D eigenvalue weighted by molar-refractivity contribution is 5.94. The fourth-order valence-corrected chi connectivity index (χ4v) is 3.82. The Balaban J connectivity index is 1.60. The average molecular weight is 419 g/mol. The third-order valence-electron chi connectivity index (χ3n) is 5.41. The molecule has 0 atom stereocenters. The Morgan fingerprint density at radius 1 is 1.19 bits per heavy atom. The van der Waals surface area contributed by atoms with E-state index in [-0.39, 0.29) is 18.3 Å². The first-order valence-corrected chi connectivity index (χ1v) is 10.1. The van der Waals surface area contributed by atoms with E-state index in [1.54, 1.807) is 25.2 Å². The zero-order valence-electron chi connectivity index (χ0n) is 17.2. The zero-order valence-corrected chi connectivity index (χ0v) is 17.2. The van der Waals surface area contributed by atoms with Crippen LogP contribution < -0.4 is 16.7 Å². The number of nitrogens with one attached hydrogen (secondary N) is 3. The predicted molar refractivity (Wildman–Crippen MR) is 120 cm³/mol. The van der Waals surface area contributed by atoms with Gasteiger partial charge >= 0.3 is 5.69 Å². The molecule has 6 N–H and O–H groups in total. The molecule has 0 bridgehead atoms. The van der Waals surface area contributed by atoms with Crippen molar-refractivity contribution in [2.75, 3.05) is 13.6 Å².